The average molecular weight is 167 g/mol. The van der Waals surface area contributed by atoms with E-state index in [9.17, 15) is 4.79 Å². The van der Waals surface area contributed by atoms with Gasteiger partial charge in [0.2, 0.25) is 5.95 Å². The number of hydrogen-bond donors (Lipinski definition) is 1. The molecule has 0 aliphatic carbocycles. The second-order valence-corrected chi connectivity index (χ2v) is 2.81. The van der Waals surface area contributed by atoms with E-state index in [1.807, 2.05) is 21.0 Å². The Bertz CT molecular complexity index is 316. The minimum absolute atomic E-state index is 0.0921. The highest BCUT2D eigenvalue weighted by Crippen LogP contribution is 2.00. The molecule has 0 aromatic carbocycles. The van der Waals surface area contributed by atoms with Gasteiger partial charge in [0, 0.05) is 25.9 Å². The van der Waals surface area contributed by atoms with Crippen molar-refractivity contribution in [3.63, 3.8) is 0 Å². The van der Waals surface area contributed by atoms with Crippen LogP contribution in [0, 0.1) is 0 Å². The third-order valence-electron chi connectivity index (χ3n) is 1.57. The summed E-state index contributed by atoms with van der Waals surface area (Å²) in [6.45, 7) is 1.97. The fraction of sp³-hybridized carbons (Fsp3) is 0.500. The van der Waals surface area contributed by atoms with E-state index in [0.29, 0.717) is 5.95 Å². The lowest BCUT2D eigenvalue weighted by atomic mass is 10.3. The first-order valence-corrected chi connectivity index (χ1v) is 3.91. The summed E-state index contributed by atoms with van der Waals surface area (Å²) in [5.41, 5.74) is 0.730. The van der Waals surface area contributed by atoms with Crippen LogP contribution >= 0.6 is 0 Å². The summed E-state index contributed by atoms with van der Waals surface area (Å²) < 4.78 is 0. The van der Waals surface area contributed by atoms with Crippen LogP contribution in [0.1, 0.15) is 12.6 Å². The van der Waals surface area contributed by atoms with E-state index in [4.69, 9.17) is 0 Å². The van der Waals surface area contributed by atoms with Gasteiger partial charge in [-0.2, -0.15) is 0 Å². The van der Waals surface area contributed by atoms with Crippen molar-refractivity contribution in [2.75, 3.05) is 19.0 Å². The van der Waals surface area contributed by atoms with Gasteiger partial charge in [0.1, 0.15) is 0 Å². The molecule has 0 unspecified atom stereocenters. The van der Waals surface area contributed by atoms with Gasteiger partial charge < -0.3 is 4.90 Å². The van der Waals surface area contributed by atoms with E-state index >= 15 is 0 Å². The molecule has 0 radical (unpaired) electrons. The molecule has 1 rings (SSSR count). The van der Waals surface area contributed by atoms with E-state index in [1.54, 1.807) is 4.90 Å². The lowest BCUT2D eigenvalue weighted by Crippen LogP contribution is -2.19. The molecule has 0 aliphatic rings. The van der Waals surface area contributed by atoms with E-state index in [1.165, 1.54) is 6.07 Å². The molecular formula is C8H13N3O. The van der Waals surface area contributed by atoms with Gasteiger partial charge in [-0.25, -0.2) is 4.98 Å². The molecule has 0 saturated carbocycles. The second-order valence-electron chi connectivity index (χ2n) is 2.81. The monoisotopic (exact) mass is 167 g/mol. The normalized spacial score (nSPS) is 9.92. The predicted octanol–water partition coefficient (Wildman–Crippen LogP) is 0.398. The van der Waals surface area contributed by atoms with Gasteiger partial charge in [0.15, 0.2) is 0 Å². The molecule has 66 valence electrons. The number of H-pyrrole nitrogens is 1. The standard InChI is InChI=1S/C8H13N3O/c1-4-6-5-7(12)10-8(9-6)11(2)3/h5H,4H2,1-3H3,(H,9,10,12). The average Bonchev–Trinajstić information content (AvgIpc) is 2.03. The molecule has 0 spiro atoms. The molecule has 0 atom stereocenters. The van der Waals surface area contributed by atoms with Gasteiger partial charge in [-0.1, -0.05) is 6.92 Å². The Hall–Kier alpha value is -1.32. The molecule has 12 heavy (non-hydrogen) atoms. The fourth-order valence-corrected chi connectivity index (χ4v) is 0.887. The number of hydrogen-bond acceptors (Lipinski definition) is 3. The number of nitrogens with zero attached hydrogens (tertiary/aromatic N) is 2. The Morgan fingerprint density at radius 1 is 1.58 bits per heavy atom. The Kier molecular flexibility index (Phi) is 2.47. The zero-order chi connectivity index (χ0) is 9.14. The van der Waals surface area contributed by atoms with Crippen molar-refractivity contribution in [3.05, 3.63) is 22.1 Å². The van der Waals surface area contributed by atoms with Gasteiger partial charge in [-0.15, -0.1) is 0 Å². The van der Waals surface area contributed by atoms with Crippen molar-refractivity contribution in [3.8, 4) is 0 Å². The van der Waals surface area contributed by atoms with Gasteiger partial charge in [-0.05, 0) is 6.42 Å². The Morgan fingerprint density at radius 3 is 2.75 bits per heavy atom. The smallest absolute Gasteiger partial charge is 0.252 e. The van der Waals surface area contributed by atoms with E-state index < -0.39 is 0 Å². The van der Waals surface area contributed by atoms with Gasteiger partial charge in [0.25, 0.3) is 5.56 Å². The minimum Gasteiger partial charge on any atom is -0.348 e. The molecule has 1 aromatic rings. The molecular weight excluding hydrogens is 154 g/mol. The van der Waals surface area contributed by atoms with Crippen LogP contribution in [-0.4, -0.2) is 24.1 Å². The number of aromatic amines is 1. The van der Waals surface area contributed by atoms with E-state index in [-0.39, 0.29) is 5.56 Å². The summed E-state index contributed by atoms with van der Waals surface area (Å²) in [7, 11) is 3.69. The van der Waals surface area contributed by atoms with Crippen LogP contribution in [0.3, 0.4) is 0 Å². The maximum Gasteiger partial charge on any atom is 0.252 e. The fourth-order valence-electron chi connectivity index (χ4n) is 0.887. The van der Waals surface area contributed by atoms with Crippen LogP contribution in [0.4, 0.5) is 5.95 Å². The Balaban J connectivity index is 3.15. The Labute approximate surface area is 71.3 Å². The molecule has 0 saturated heterocycles. The molecule has 4 heteroatoms. The summed E-state index contributed by atoms with van der Waals surface area (Å²) in [6, 6.07) is 1.52. The van der Waals surface area contributed by atoms with Crippen molar-refractivity contribution in [1.82, 2.24) is 9.97 Å². The van der Waals surface area contributed by atoms with Crippen molar-refractivity contribution in [2.45, 2.75) is 13.3 Å². The first-order chi connectivity index (χ1) is 5.63. The summed E-state index contributed by atoms with van der Waals surface area (Å²) in [5.74, 6) is 0.611. The molecule has 1 N–H and O–H groups in total. The van der Waals surface area contributed by atoms with Crippen molar-refractivity contribution < 1.29 is 0 Å². The topological polar surface area (TPSA) is 49.0 Å². The third-order valence-corrected chi connectivity index (χ3v) is 1.57. The minimum atomic E-state index is -0.0921. The third kappa shape index (κ3) is 1.84. The summed E-state index contributed by atoms with van der Waals surface area (Å²) >= 11 is 0. The molecule has 0 amide bonds. The second kappa shape index (κ2) is 3.38. The van der Waals surface area contributed by atoms with Gasteiger partial charge >= 0.3 is 0 Å². The zero-order valence-corrected chi connectivity index (χ0v) is 7.59. The summed E-state index contributed by atoms with van der Waals surface area (Å²) in [4.78, 5) is 19.7. The quantitative estimate of drug-likeness (QED) is 0.693. The van der Waals surface area contributed by atoms with Crippen LogP contribution in [-0.2, 0) is 6.42 Å². The Morgan fingerprint density at radius 2 is 2.25 bits per heavy atom. The van der Waals surface area contributed by atoms with Crippen LogP contribution in [0.2, 0.25) is 0 Å². The van der Waals surface area contributed by atoms with Gasteiger partial charge in [-0.3, -0.25) is 9.78 Å². The molecule has 4 nitrogen and oxygen atoms in total. The highest BCUT2D eigenvalue weighted by atomic mass is 16.1. The van der Waals surface area contributed by atoms with Crippen molar-refractivity contribution >= 4 is 5.95 Å². The number of anilines is 1. The molecule has 1 heterocycles. The maximum atomic E-state index is 11.1. The van der Waals surface area contributed by atoms with Gasteiger partial charge in [0.05, 0.1) is 0 Å². The largest absolute Gasteiger partial charge is 0.348 e. The lowest BCUT2D eigenvalue weighted by Gasteiger charge is -2.10. The van der Waals surface area contributed by atoms with Crippen LogP contribution in [0.5, 0.6) is 0 Å². The first-order valence-electron chi connectivity index (χ1n) is 3.91. The van der Waals surface area contributed by atoms with E-state index in [0.717, 1.165) is 12.1 Å². The van der Waals surface area contributed by atoms with Crippen LogP contribution < -0.4 is 10.5 Å². The van der Waals surface area contributed by atoms with Crippen molar-refractivity contribution in [2.24, 2.45) is 0 Å². The number of nitrogens with one attached hydrogen (secondary N) is 1. The number of aryl methyl sites for hydroxylation is 1. The highest BCUT2D eigenvalue weighted by molar-refractivity contribution is 5.26. The van der Waals surface area contributed by atoms with Crippen LogP contribution in [0.25, 0.3) is 0 Å². The molecule has 0 aliphatic heterocycles. The highest BCUT2D eigenvalue weighted by Gasteiger charge is 2.00. The SMILES string of the molecule is CCc1cc(=O)[nH]c(N(C)C)n1. The molecule has 1 aromatic heterocycles. The summed E-state index contributed by atoms with van der Waals surface area (Å²) in [6.07, 6.45) is 0.783. The van der Waals surface area contributed by atoms with Crippen molar-refractivity contribution in [1.29, 1.82) is 0 Å². The lowest BCUT2D eigenvalue weighted by molar-refractivity contribution is 0.924. The molecule has 0 bridgehead atoms. The molecule has 0 fully saturated rings. The predicted molar refractivity (Wildman–Crippen MR) is 48.6 cm³/mol. The number of aromatic nitrogens is 2. The maximum absolute atomic E-state index is 11.1. The zero-order valence-electron chi connectivity index (χ0n) is 7.59. The summed E-state index contributed by atoms with van der Waals surface area (Å²) in [5, 5.41) is 0. The van der Waals surface area contributed by atoms with Crippen LogP contribution in [0.15, 0.2) is 10.9 Å². The number of rotatable bonds is 2. The first kappa shape index (κ1) is 8.77. The van der Waals surface area contributed by atoms with E-state index in [2.05, 4.69) is 9.97 Å².